The molecule has 0 radical (unpaired) electrons. The van der Waals surface area contributed by atoms with E-state index in [2.05, 4.69) is 51.0 Å². The number of carbonyl (C=O) groups is 5. The molecule has 15 rings (SSSR count). The van der Waals surface area contributed by atoms with Crippen LogP contribution in [0.25, 0.3) is 86.7 Å². The van der Waals surface area contributed by atoms with Gasteiger partial charge in [-0.2, -0.15) is 25.5 Å². The van der Waals surface area contributed by atoms with Crippen LogP contribution < -0.4 is 33.2 Å². The van der Waals surface area contributed by atoms with E-state index in [1.54, 1.807) is 194 Å². The van der Waals surface area contributed by atoms with Crippen molar-refractivity contribution in [2.24, 2.45) is 0 Å². The summed E-state index contributed by atoms with van der Waals surface area (Å²) in [4.78, 5) is 61.9. The Balaban J connectivity index is 0.000000164. The van der Waals surface area contributed by atoms with Gasteiger partial charge < -0.3 is 63.8 Å². The highest BCUT2D eigenvalue weighted by Gasteiger charge is 2.18. The van der Waals surface area contributed by atoms with E-state index < -0.39 is 0 Å². The minimum absolute atomic E-state index is 0.0157. The van der Waals surface area contributed by atoms with Crippen molar-refractivity contribution in [3.05, 3.63) is 372 Å². The fraction of sp³-hybridized carbons (Fsp3) is 0.167. The van der Waals surface area contributed by atoms with Gasteiger partial charge in [-0.15, -0.1) is 0 Å². The number of aliphatic hydroxyl groups excluding tert-OH is 6. The van der Waals surface area contributed by atoms with E-state index in [1.165, 1.54) is 31.4 Å². The maximum atomic E-state index is 12.5. The van der Waals surface area contributed by atoms with Gasteiger partial charge in [-0.05, 0) is 309 Å². The van der Waals surface area contributed by atoms with Crippen molar-refractivity contribution in [1.82, 2.24) is 51.0 Å². The number of rotatable bonds is 33. The molecule has 28 nitrogen and oxygen atoms in total. The molecule has 5 heterocycles. The van der Waals surface area contributed by atoms with Gasteiger partial charge in [-0.1, -0.05) is 66.7 Å². The molecule has 0 bridgehead atoms. The van der Waals surface area contributed by atoms with Crippen molar-refractivity contribution in [3.63, 3.8) is 0 Å². The first-order valence-electron chi connectivity index (χ1n) is 42.8. The minimum Gasteiger partial charge on any atom is -0.497 e. The van der Waals surface area contributed by atoms with Gasteiger partial charge in [-0.25, -0.2) is 0 Å². The summed E-state index contributed by atoms with van der Waals surface area (Å²) in [6.07, 6.45) is 16.0. The summed E-state index contributed by atoms with van der Waals surface area (Å²) in [7, 11) is 11.1. The van der Waals surface area contributed by atoms with Crippen LogP contribution in [0.15, 0.2) is 255 Å². The van der Waals surface area contributed by atoms with Crippen molar-refractivity contribution in [2.75, 3.05) is 49.8 Å². The molecule has 696 valence electrons. The largest absolute Gasteiger partial charge is 0.497 e. The number of aromatic amines is 5. The molecule has 136 heavy (non-hydrogen) atoms. The van der Waals surface area contributed by atoms with Gasteiger partial charge in [0, 0.05) is 61.2 Å². The zero-order valence-electron chi connectivity index (χ0n) is 77.2. The summed E-state index contributed by atoms with van der Waals surface area (Å²) in [5.74, 6) is 4.39. The van der Waals surface area contributed by atoms with Gasteiger partial charge >= 0.3 is 0 Å². The van der Waals surface area contributed by atoms with E-state index >= 15 is 0 Å². The van der Waals surface area contributed by atoms with Gasteiger partial charge in [0.05, 0.1) is 146 Å². The maximum Gasteiger partial charge on any atom is 0.185 e. The molecule has 0 aliphatic rings. The summed E-state index contributed by atoms with van der Waals surface area (Å²) in [6, 6.07) is 67.6. The predicted octanol–water partition coefficient (Wildman–Crippen LogP) is 18.4. The average Bonchev–Trinajstić information content (AvgIpc) is 1.87. The first-order chi connectivity index (χ1) is 65.9. The maximum absolute atomic E-state index is 12.5. The lowest BCUT2D eigenvalue weighted by molar-refractivity contribution is 0.103. The second-order valence-corrected chi connectivity index (χ2v) is 30.8. The number of nitrogens with zero attached hydrogens (tertiary/aromatic N) is 5. The van der Waals surface area contributed by atoms with Crippen molar-refractivity contribution >= 4 is 59.3 Å². The van der Waals surface area contributed by atoms with Gasteiger partial charge in [0.2, 0.25) is 0 Å². The highest BCUT2D eigenvalue weighted by Crippen LogP contribution is 2.34. The molecular formula is C108H106N10O18. The fourth-order valence-corrected chi connectivity index (χ4v) is 14.2. The van der Waals surface area contributed by atoms with Crippen molar-refractivity contribution in [1.29, 1.82) is 0 Å². The predicted molar refractivity (Wildman–Crippen MR) is 524 cm³/mol. The third-order valence-electron chi connectivity index (χ3n) is 21.6. The average molecular weight is 1830 g/mol. The molecule has 0 atom stereocenters. The van der Waals surface area contributed by atoms with E-state index in [0.717, 1.165) is 118 Å². The van der Waals surface area contributed by atoms with Gasteiger partial charge in [-0.3, -0.25) is 49.5 Å². The van der Waals surface area contributed by atoms with Gasteiger partial charge in [0.1, 0.15) is 40.2 Å². The Morgan fingerprint density at radius 3 is 0.860 bits per heavy atom. The van der Waals surface area contributed by atoms with Crippen molar-refractivity contribution in [3.8, 4) is 96.5 Å². The molecule has 28 heteroatoms. The molecule has 11 N–H and O–H groups in total. The second-order valence-electron chi connectivity index (χ2n) is 30.8. The Kier molecular flexibility index (Phi) is 36.3. The Morgan fingerprint density at radius 1 is 0.257 bits per heavy atom. The number of H-pyrrole nitrogens is 5. The summed E-state index contributed by atoms with van der Waals surface area (Å²) in [5, 5.41) is 92.2. The summed E-state index contributed by atoms with van der Waals surface area (Å²) in [6.45, 7) is 8.68. The number of hydrogen-bond acceptors (Lipinski definition) is 23. The normalized spacial score (nSPS) is 11.0. The number of carbonyl (C=O) groups excluding carboxylic acids is 5. The molecule has 0 spiro atoms. The summed E-state index contributed by atoms with van der Waals surface area (Å²) in [5.41, 5.74) is 23.1. The van der Waals surface area contributed by atoms with Crippen LogP contribution in [-0.4, -0.2) is 160 Å². The first-order valence-corrected chi connectivity index (χ1v) is 42.8. The molecule has 0 unspecified atom stereocenters. The molecule has 0 aliphatic heterocycles. The van der Waals surface area contributed by atoms with E-state index in [9.17, 15) is 49.5 Å². The van der Waals surface area contributed by atoms with Crippen LogP contribution in [0.4, 0.5) is 0 Å². The van der Waals surface area contributed by atoms with Gasteiger partial charge in [0.15, 0.2) is 28.9 Å². The monoisotopic (exact) mass is 1830 g/mol. The zero-order chi connectivity index (χ0) is 97.3. The third kappa shape index (κ3) is 27.0. The van der Waals surface area contributed by atoms with Crippen LogP contribution in [-0.2, 0) is 39.6 Å². The van der Waals surface area contributed by atoms with E-state index in [4.69, 9.17) is 38.3 Å². The third-order valence-corrected chi connectivity index (χ3v) is 21.6. The molecule has 0 saturated carbocycles. The van der Waals surface area contributed by atoms with Crippen LogP contribution >= 0.6 is 0 Å². The standard InChI is InChI=1S/C23H24N2O5.2C22H22N2O4.C21H20N2O3.C20H18N2O2/c1-14-8-15(4-7-22(14)29-2)21(28)6-5-18-11-20(25-24-18)16-9-17(12-26)19(13-27)23(10-16)30-3;1-14-8-16(4-7-22(14)28-3)21(26)6-5-18-12-20(24-23-18)17-9-15(13-25)10-19(11-17)27-2;1-14-9-16(5-8-22(14)28-2)21(27)7-6-19-11-20(24-23-19)15-3-4-17(12-25)18(10-15)13-26;1-14-11-17(7-10-21(14)26-2)20(25)9-8-18-12-19(23-22-18)16-5-3-15(13-24)4-6-16;1-14-12-16(8-11-20(14)24-2)19(23)10-9-17-13-18(22-21-17)15-6-4-3-5-7-15/h4-11,26-27H,12-13H2,1-3H3,(H,24,25);4-12,25H,13H2,1-3H3,(H,23,24);3-11,25-26H,12-13H2,1-2H3,(H,23,24);3-12,24H,13H2,1-2H3,(H,22,23);3-13H,1-2H3,(H,21,22)/b2*6-5+;7-6+;9-8+;10-9+. The molecule has 15 aromatic rings. The Labute approximate surface area is 786 Å². The number of methoxy groups -OCH3 is 7. The Bertz CT molecular complexity index is 6780. The van der Waals surface area contributed by atoms with Crippen LogP contribution in [0.2, 0.25) is 0 Å². The lowest BCUT2D eigenvalue weighted by Crippen LogP contribution is -1.99. The zero-order valence-corrected chi connectivity index (χ0v) is 77.2. The molecule has 10 aromatic carbocycles. The van der Waals surface area contributed by atoms with Crippen LogP contribution in [0.5, 0.6) is 40.2 Å². The number of allylic oxidation sites excluding steroid dienone is 5. The minimum atomic E-state index is -0.235. The van der Waals surface area contributed by atoms with Crippen molar-refractivity contribution in [2.45, 2.75) is 74.3 Å². The number of aryl methyl sites for hydroxylation is 5. The number of benzene rings is 10. The van der Waals surface area contributed by atoms with Crippen LogP contribution in [0, 0.1) is 34.6 Å². The van der Waals surface area contributed by atoms with Crippen LogP contribution in [0.1, 0.15) is 141 Å². The van der Waals surface area contributed by atoms with E-state index in [0.29, 0.717) is 95.7 Å². The lowest BCUT2D eigenvalue weighted by Gasteiger charge is -2.12. The molecular weight excluding hydrogens is 1730 g/mol. The molecule has 0 fully saturated rings. The fourth-order valence-electron chi connectivity index (χ4n) is 14.2. The smallest absolute Gasteiger partial charge is 0.185 e. The Hall–Kier alpha value is -16.3. The topological polar surface area (TPSA) is 415 Å². The number of aliphatic hydroxyl groups is 6. The number of nitrogens with one attached hydrogen (secondary N) is 5. The van der Waals surface area contributed by atoms with E-state index in [-0.39, 0.29) is 68.6 Å². The lowest BCUT2D eigenvalue weighted by atomic mass is 10.0. The quantitative estimate of drug-likeness (QED) is 0.0134. The SMILES string of the molecule is COc1cc(CO)cc(-c2cc(/C=C/C(=O)c3ccc(OC)c(C)c3)[nH]n2)c1.COc1ccc(C(=O)/C=C/c2cc(-c3cc(CO)c(CO)c(OC)c3)n[nH]2)cc1C.COc1ccc(C(=O)/C=C/c2cc(-c3ccc(CO)c(CO)c3)n[nH]2)cc1C.COc1ccc(C(=O)/C=C/c2cc(-c3ccc(CO)cc3)n[nH]2)cc1C.COc1ccc(C(=O)/C=C/c2cc(-c3ccccc3)n[nH]2)cc1C. The van der Waals surface area contributed by atoms with Crippen molar-refractivity contribution < 1.29 is 87.8 Å². The Morgan fingerprint density at radius 2 is 0.559 bits per heavy atom. The number of aromatic nitrogens is 10. The highest BCUT2D eigenvalue weighted by molar-refractivity contribution is 6.10. The molecule has 0 amide bonds. The highest BCUT2D eigenvalue weighted by atomic mass is 16.5. The summed E-state index contributed by atoms with van der Waals surface area (Å²) >= 11 is 0. The number of ketones is 5. The van der Waals surface area contributed by atoms with Gasteiger partial charge in [0.25, 0.3) is 0 Å². The molecule has 5 aromatic heterocycles. The number of hydrogen-bond donors (Lipinski definition) is 11. The second kappa shape index (κ2) is 49.2. The molecule has 0 saturated heterocycles. The van der Waals surface area contributed by atoms with Crippen LogP contribution in [0.3, 0.4) is 0 Å². The first kappa shape index (κ1) is 100. The molecule has 0 aliphatic carbocycles. The summed E-state index contributed by atoms with van der Waals surface area (Å²) < 4.78 is 36.7. The number of ether oxygens (including phenoxy) is 7. The van der Waals surface area contributed by atoms with E-state index in [1.807, 2.05) is 144 Å².